The van der Waals surface area contributed by atoms with Gasteiger partial charge < -0.3 is 9.64 Å². The number of carbonyl (C=O) groups is 2. The normalized spacial score (nSPS) is 14.5. The summed E-state index contributed by atoms with van der Waals surface area (Å²) in [5.74, 6) is -0.776. The van der Waals surface area contributed by atoms with Gasteiger partial charge in [0.15, 0.2) is 5.69 Å². The number of benzene rings is 1. The fourth-order valence-electron chi connectivity index (χ4n) is 3.41. The number of nitro groups is 1. The van der Waals surface area contributed by atoms with Gasteiger partial charge in [-0.1, -0.05) is 25.3 Å². The molecule has 1 fully saturated rings. The molecule has 0 spiro atoms. The highest BCUT2D eigenvalue weighted by Gasteiger charge is 2.28. The standard InChI is InChI=1S/C19H21N3O5S/c1-27-19(24)16-12-28-17(20-16)11-21(14-7-3-2-4-8-14)18(23)13-6-5-9-15(10-13)22(25)26/h5-6,9-10,12,14H,2-4,7-8,11H2,1H3. The molecule has 1 aliphatic rings. The van der Waals surface area contributed by atoms with E-state index in [9.17, 15) is 19.7 Å². The monoisotopic (exact) mass is 403 g/mol. The quantitative estimate of drug-likeness (QED) is 0.413. The molecule has 0 saturated heterocycles. The van der Waals surface area contributed by atoms with Crippen LogP contribution in [0.4, 0.5) is 5.69 Å². The molecular weight excluding hydrogens is 382 g/mol. The summed E-state index contributed by atoms with van der Waals surface area (Å²) >= 11 is 1.29. The maximum absolute atomic E-state index is 13.2. The van der Waals surface area contributed by atoms with Crippen LogP contribution in [0.25, 0.3) is 0 Å². The minimum Gasteiger partial charge on any atom is -0.464 e. The van der Waals surface area contributed by atoms with Gasteiger partial charge in [0.1, 0.15) is 5.01 Å². The second-order valence-corrected chi connectivity index (χ2v) is 7.59. The maximum atomic E-state index is 13.2. The Morgan fingerprint density at radius 3 is 2.75 bits per heavy atom. The minimum absolute atomic E-state index is 0.0472. The van der Waals surface area contributed by atoms with Gasteiger partial charge in [0.05, 0.1) is 18.6 Å². The van der Waals surface area contributed by atoms with E-state index in [1.54, 1.807) is 16.3 Å². The van der Waals surface area contributed by atoms with E-state index in [-0.39, 0.29) is 35.4 Å². The third kappa shape index (κ3) is 4.53. The number of nitrogens with zero attached hydrogens (tertiary/aromatic N) is 3. The molecule has 0 aliphatic heterocycles. The molecule has 148 valence electrons. The number of esters is 1. The molecule has 1 saturated carbocycles. The lowest BCUT2D eigenvalue weighted by Crippen LogP contribution is -2.41. The molecule has 28 heavy (non-hydrogen) atoms. The van der Waals surface area contributed by atoms with Crippen LogP contribution in [0.1, 0.15) is 58.0 Å². The molecule has 1 heterocycles. The fourth-order valence-corrected chi connectivity index (χ4v) is 4.17. The van der Waals surface area contributed by atoms with Crippen LogP contribution in [0.3, 0.4) is 0 Å². The second kappa shape index (κ2) is 8.92. The average Bonchev–Trinajstić information content (AvgIpc) is 3.20. The van der Waals surface area contributed by atoms with E-state index in [1.165, 1.54) is 36.6 Å². The molecule has 1 aromatic heterocycles. The average molecular weight is 403 g/mol. The van der Waals surface area contributed by atoms with Gasteiger partial charge in [0.25, 0.3) is 11.6 Å². The Morgan fingerprint density at radius 1 is 1.32 bits per heavy atom. The van der Waals surface area contributed by atoms with Crippen LogP contribution in [0.15, 0.2) is 29.6 Å². The molecule has 0 atom stereocenters. The largest absolute Gasteiger partial charge is 0.464 e. The topological polar surface area (TPSA) is 103 Å². The number of methoxy groups -OCH3 is 1. The molecular formula is C19H21N3O5S. The predicted octanol–water partition coefficient (Wildman–Crippen LogP) is 3.81. The van der Waals surface area contributed by atoms with Gasteiger partial charge in [-0.15, -0.1) is 11.3 Å². The van der Waals surface area contributed by atoms with Crippen molar-refractivity contribution in [2.24, 2.45) is 0 Å². The zero-order valence-corrected chi connectivity index (χ0v) is 16.3. The summed E-state index contributed by atoms with van der Waals surface area (Å²) in [6.45, 7) is 0.258. The van der Waals surface area contributed by atoms with Crippen molar-refractivity contribution in [1.29, 1.82) is 0 Å². The summed E-state index contributed by atoms with van der Waals surface area (Å²) in [4.78, 5) is 41.4. The number of thiazole rings is 1. The van der Waals surface area contributed by atoms with E-state index in [4.69, 9.17) is 0 Å². The first-order chi connectivity index (χ1) is 13.5. The first kappa shape index (κ1) is 19.9. The van der Waals surface area contributed by atoms with Crippen molar-refractivity contribution in [3.63, 3.8) is 0 Å². The maximum Gasteiger partial charge on any atom is 0.357 e. The third-order valence-electron chi connectivity index (χ3n) is 4.83. The van der Waals surface area contributed by atoms with Gasteiger partial charge in [-0.3, -0.25) is 14.9 Å². The summed E-state index contributed by atoms with van der Waals surface area (Å²) in [6, 6.07) is 5.83. The summed E-state index contributed by atoms with van der Waals surface area (Å²) in [7, 11) is 1.29. The van der Waals surface area contributed by atoms with E-state index in [1.807, 2.05) is 0 Å². The van der Waals surface area contributed by atoms with Crippen molar-refractivity contribution in [2.75, 3.05) is 7.11 Å². The summed E-state index contributed by atoms with van der Waals surface area (Å²) in [6.07, 6.45) is 4.98. The number of carbonyl (C=O) groups excluding carboxylic acids is 2. The van der Waals surface area contributed by atoms with Gasteiger partial charge in [0, 0.05) is 29.1 Å². The second-order valence-electron chi connectivity index (χ2n) is 6.65. The Labute approximate surface area is 166 Å². The zero-order chi connectivity index (χ0) is 20.1. The smallest absolute Gasteiger partial charge is 0.357 e. The van der Waals surface area contributed by atoms with Crippen molar-refractivity contribution in [2.45, 2.75) is 44.7 Å². The number of hydrogen-bond donors (Lipinski definition) is 0. The van der Waals surface area contributed by atoms with Gasteiger partial charge in [-0.25, -0.2) is 9.78 Å². The van der Waals surface area contributed by atoms with E-state index >= 15 is 0 Å². The van der Waals surface area contributed by atoms with E-state index in [0.717, 1.165) is 32.1 Å². The number of hydrogen-bond acceptors (Lipinski definition) is 7. The molecule has 0 unspecified atom stereocenters. The molecule has 0 N–H and O–H groups in total. The van der Waals surface area contributed by atoms with Crippen LogP contribution in [0.5, 0.6) is 0 Å². The predicted molar refractivity (Wildman–Crippen MR) is 103 cm³/mol. The van der Waals surface area contributed by atoms with Crippen molar-refractivity contribution >= 4 is 28.9 Å². The van der Waals surface area contributed by atoms with Gasteiger partial charge in [0.2, 0.25) is 0 Å². The SMILES string of the molecule is COC(=O)c1csc(CN(C(=O)c2cccc([N+](=O)[O-])c2)C2CCCCC2)n1. The van der Waals surface area contributed by atoms with Crippen molar-refractivity contribution in [1.82, 2.24) is 9.88 Å². The van der Waals surface area contributed by atoms with Crippen molar-refractivity contribution in [3.05, 3.63) is 56.0 Å². The molecule has 0 radical (unpaired) electrons. The van der Waals surface area contributed by atoms with Crippen LogP contribution < -0.4 is 0 Å². The van der Waals surface area contributed by atoms with Crippen molar-refractivity contribution < 1.29 is 19.2 Å². The minimum atomic E-state index is -0.517. The van der Waals surface area contributed by atoms with Crippen LogP contribution in [-0.2, 0) is 11.3 Å². The number of nitro benzene ring substituents is 1. The first-order valence-electron chi connectivity index (χ1n) is 9.07. The highest BCUT2D eigenvalue weighted by Crippen LogP contribution is 2.27. The zero-order valence-electron chi connectivity index (χ0n) is 15.5. The number of aromatic nitrogens is 1. The molecule has 1 aromatic carbocycles. The lowest BCUT2D eigenvalue weighted by atomic mass is 9.93. The fraction of sp³-hybridized carbons (Fsp3) is 0.421. The Balaban J connectivity index is 1.87. The Morgan fingerprint density at radius 2 is 2.07 bits per heavy atom. The van der Waals surface area contributed by atoms with E-state index < -0.39 is 10.9 Å². The van der Waals surface area contributed by atoms with Crippen LogP contribution >= 0.6 is 11.3 Å². The number of ether oxygens (including phenoxy) is 1. The van der Waals surface area contributed by atoms with Crippen LogP contribution in [0.2, 0.25) is 0 Å². The molecule has 8 nitrogen and oxygen atoms in total. The third-order valence-corrected chi connectivity index (χ3v) is 5.67. The van der Waals surface area contributed by atoms with E-state index in [2.05, 4.69) is 9.72 Å². The van der Waals surface area contributed by atoms with Gasteiger partial charge in [-0.05, 0) is 18.9 Å². The van der Waals surface area contributed by atoms with Gasteiger partial charge in [-0.2, -0.15) is 0 Å². The van der Waals surface area contributed by atoms with E-state index in [0.29, 0.717) is 5.01 Å². The molecule has 0 bridgehead atoms. The number of non-ortho nitro benzene ring substituents is 1. The van der Waals surface area contributed by atoms with Crippen molar-refractivity contribution in [3.8, 4) is 0 Å². The number of amides is 1. The Hall–Kier alpha value is -2.81. The molecule has 2 aromatic rings. The molecule has 1 amide bonds. The highest BCUT2D eigenvalue weighted by atomic mass is 32.1. The highest BCUT2D eigenvalue weighted by molar-refractivity contribution is 7.09. The first-order valence-corrected chi connectivity index (χ1v) is 9.95. The van der Waals surface area contributed by atoms with Crippen LogP contribution in [-0.4, -0.2) is 39.8 Å². The van der Waals surface area contributed by atoms with Crippen LogP contribution in [0, 0.1) is 10.1 Å². The summed E-state index contributed by atoms with van der Waals surface area (Å²) in [5.41, 5.74) is 0.384. The molecule has 3 rings (SSSR count). The molecule has 9 heteroatoms. The Bertz CT molecular complexity index is 876. The lowest BCUT2D eigenvalue weighted by Gasteiger charge is -2.34. The summed E-state index contributed by atoms with van der Waals surface area (Å²) < 4.78 is 4.68. The summed E-state index contributed by atoms with van der Waals surface area (Å²) in [5, 5.41) is 13.3. The van der Waals surface area contributed by atoms with Gasteiger partial charge >= 0.3 is 5.97 Å². The Kier molecular flexibility index (Phi) is 6.35. The molecule has 1 aliphatic carbocycles. The number of rotatable bonds is 6. The lowest BCUT2D eigenvalue weighted by molar-refractivity contribution is -0.384.